The van der Waals surface area contributed by atoms with Gasteiger partial charge in [-0.1, -0.05) is 35.3 Å². The fourth-order valence-electron chi connectivity index (χ4n) is 2.61. The van der Waals surface area contributed by atoms with E-state index < -0.39 is 0 Å². The van der Waals surface area contributed by atoms with Crippen LogP contribution in [0.25, 0.3) is 21.5 Å². The average Bonchev–Trinajstić information content (AvgIpc) is 3.26. The summed E-state index contributed by atoms with van der Waals surface area (Å²) in [7, 11) is 0. The Bertz CT molecular complexity index is 1080. The predicted molar refractivity (Wildman–Crippen MR) is 106 cm³/mol. The van der Waals surface area contributed by atoms with Gasteiger partial charge in [0.05, 0.1) is 17.0 Å². The van der Waals surface area contributed by atoms with Gasteiger partial charge in [-0.25, -0.2) is 9.97 Å². The number of thiophene rings is 1. The van der Waals surface area contributed by atoms with Crippen molar-refractivity contribution in [2.75, 3.05) is 5.32 Å². The maximum Gasteiger partial charge on any atom is 0.156 e. The fraction of sp³-hybridized carbons (Fsp3) is 0.167. The van der Waals surface area contributed by atoms with Crippen LogP contribution < -0.4 is 5.32 Å². The standard InChI is InChI=1S/C18H14Cl2N4OS/c1-2-12-7-14-17(22-9-23-18(14)26-12)21-8-11-6-16(24-25-11)13-4-3-10(19)5-15(13)20/h3-7,9H,2,8H2,1H3,(H,21,22,23). The van der Waals surface area contributed by atoms with E-state index in [1.54, 1.807) is 29.8 Å². The first kappa shape index (κ1) is 17.3. The minimum Gasteiger partial charge on any atom is -0.362 e. The normalized spacial score (nSPS) is 11.2. The van der Waals surface area contributed by atoms with Gasteiger partial charge >= 0.3 is 0 Å². The highest BCUT2D eigenvalue weighted by Gasteiger charge is 2.12. The first-order valence-corrected chi connectivity index (χ1v) is 9.59. The third-order valence-corrected chi connectivity index (χ3v) is 5.66. The fourth-order valence-corrected chi connectivity index (χ4v) is 4.05. The SMILES string of the molecule is CCc1cc2c(NCc3cc(-c4ccc(Cl)cc4Cl)no3)ncnc2s1. The molecule has 8 heteroatoms. The summed E-state index contributed by atoms with van der Waals surface area (Å²) < 4.78 is 5.42. The molecule has 4 rings (SSSR count). The number of aryl methyl sites for hydroxylation is 1. The van der Waals surface area contributed by atoms with E-state index in [0.29, 0.717) is 28.0 Å². The smallest absolute Gasteiger partial charge is 0.156 e. The van der Waals surface area contributed by atoms with Gasteiger partial charge in [-0.05, 0) is 30.7 Å². The molecule has 0 bridgehead atoms. The van der Waals surface area contributed by atoms with Crippen LogP contribution in [-0.4, -0.2) is 15.1 Å². The van der Waals surface area contributed by atoms with Gasteiger partial charge in [0.15, 0.2) is 5.76 Å². The molecule has 0 fully saturated rings. The molecular formula is C18H14Cl2N4OS. The Morgan fingerprint density at radius 1 is 1.15 bits per heavy atom. The van der Waals surface area contributed by atoms with Crippen LogP contribution in [0.5, 0.6) is 0 Å². The highest BCUT2D eigenvalue weighted by molar-refractivity contribution is 7.18. The van der Waals surface area contributed by atoms with Crippen molar-refractivity contribution >= 4 is 50.6 Å². The number of halogens is 2. The molecule has 0 aliphatic carbocycles. The molecule has 0 atom stereocenters. The molecule has 0 saturated carbocycles. The van der Waals surface area contributed by atoms with Crippen molar-refractivity contribution in [3.63, 3.8) is 0 Å². The minimum atomic E-state index is 0.460. The highest BCUT2D eigenvalue weighted by atomic mass is 35.5. The maximum absolute atomic E-state index is 6.23. The predicted octanol–water partition coefficient (Wildman–Crippen LogP) is 5.83. The van der Waals surface area contributed by atoms with Crippen LogP contribution in [0, 0.1) is 0 Å². The Morgan fingerprint density at radius 3 is 2.85 bits per heavy atom. The molecular weight excluding hydrogens is 391 g/mol. The zero-order valence-electron chi connectivity index (χ0n) is 13.8. The summed E-state index contributed by atoms with van der Waals surface area (Å²) in [6, 6.07) is 9.26. The van der Waals surface area contributed by atoms with Crippen molar-refractivity contribution < 1.29 is 4.52 Å². The van der Waals surface area contributed by atoms with Gasteiger partial charge in [0.1, 0.15) is 22.7 Å². The molecule has 0 amide bonds. The van der Waals surface area contributed by atoms with Gasteiger partial charge in [-0.3, -0.25) is 0 Å². The van der Waals surface area contributed by atoms with Crippen LogP contribution in [-0.2, 0) is 13.0 Å². The van der Waals surface area contributed by atoms with Crippen LogP contribution in [0.1, 0.15) is 17.6 Å². The Hall–Kier alpha value is -2.15. The number of aromatic nitrogens is 3. The van der Waals surface area contributed by atoms with Gasteiger partial charge < -0.3 is 9.84 Å². The van der Waals surface area contributed by atoms with Crippen LogP contribution in [0.4, 0.5) is 5.82 Å². The summed E-state index contributed by atoms with van der Waals surface area (Å²) in [5, 5.41) is 9.53. The maximum atomic E-state index is 6.23. The Morgan fingerprint density at radius 2 is 2.04 bits per heavy atom. The Kier molecular flexibility index (Phi) is 4.80. The number of fused-ring (bicyclic) bond motifs is 1. The third kappa shape index (κ3) is 3.40. The van der Waals surface area contributed by atoms with Gasteiger partial charge in [0.25, 0.3) is 0 Å². The van der Waals surface area contributed by atoms with E-state index >= 15 is 0 Å². The minimum absolute atomic E-state index is 0.460. The number of anilines is 1. The molecule has 4 aromatic rings. The molecule has 3 aromatic heterocycles. The third-order valence-electron chi connectivity index (χ3n) is 3.93. The largest absolute Gasteiger partial charge is 0.362 e. The number of nitrogens with one attached hydrogen (secondary N) is 1. The number of hydrogen-bond donors (Lipinski definition) is 1. The van der Waals surface area contributed by atoms with E-state index in [-0.39, 0.29) is 0 Å². The van der Waals surface area contributed by atoms with E-state index in [4.69, 9.17) is 27.7 Å². The van der Waals surface area contributed by atoms with E-state index in [1.165, 1.54) is 4.88 Å². The number of hydrogen-bond acceptors (Lipinski definition) is 6. The monoisotopic (exact) mass is 404 g/mol. The summed E-state index contributed by atoms with van der Waals surface area (Å²) in [5.41, 5.74) is 1.45. The molecule has 0 saturated heterocycles. The summed E-state index contributed by atoms with van der Waals surface area (Å²) in [6.45, 7) is 2.59. The van der Waals surface area contributed by atoms with Gasteiger partial charge in [-0.2, -0.15) is 0 Å². The van der Waals surface area contributed by atoms with E-state index in [0.717, 1.165) is 28.0 Å². The molecule has 26 heavy (non-hydrogen) atoms. The summed E-state index contributed by atoms with van der Waals surface area (Å²) >= 11 is 13.9. The lowest BCUT2D eigenvalue weighted by atomic mass is 10.1. The van der Waals surface area contributed by atoms with E-state index in [1.807, 2.05) is 12.1 Å². The van der Waals surface area contributed by atoms with Gasteiger partial charge in [0, 0.05) is 21.5 Å². The zero-order valence-corrected chi connectivity index (χ0v) is 16.1. The van der Waals surface area contributed by atoms with E-state index in [9.17, 15) is 0 Å². The van der Waals surface area contributed by atoms with E-state index in [2.05, 4.69) is 33.4 Å². The van der Waals surface area contributed by atoms with Crippen molar-refractivity contribution in [3.05, 3.63) is 57.3 Å². The zero-order chi connectivity index (χ0) is 18.1. The topological polar surface area (TPSA) is 63.8 Å². The molecule has 1 N–H and O–H groups in total. The van der Waals surface area contributed by atoms with Gasteiger partial charge in [-0.15, -0.1) is 11.3 Å². The first-order chi connectivity index (χ1) is 12.6. The number of benzene rings is 1. The van der Waals surface area contributed by atoms with Crippen molar-refractivity contribution in [2.45, 2.75) is 19.9 Å². The van der Waals surface area contributed by atoms with Crippen LogP contribution in [0.2, 0.25) is 10.0 Å². The first-order valence-electron chi connectivity index (χ1n) is 8.02. The molecule has 0 aliphatic rings. The highest BCUT2D eigenvalue weighted by Crippen LogP contribution is 2.31. The molecule has 132 valence electrons. The van der Waals surface area contributed by atoms with Crippen molar-refractivity contribution in [3.8, 4) is 11.3 Å². The van der Waals surface area contributed by atoms with Crippen LogP contribution in [0.3, 0.4) is 0 Å². The summed E-state index contributed by atoms with van der Waals surface area (Å²) in [5.74, 6) is 1.47. The average molecular weight is 405 g/mol. The second-order valence-corrected chi connectivity index (χ2v) is 7.62. The summed E-state index contributed by atoms with van der Waals surface area (Å²) in [6.07, 6.45) is 2.55. The molecule has 0 radical (unpaired) electrons. The molecule has 0 aliphatic heterocycles. The molecule has 1 aromatic carbocycles. The summed E-state index contributed by atoms with van der Waals surface area (Å²) in [4.78, 5) is 10.9. The molecule has 5 nitrogen and oxygen atoms in total. The Labute approximate surface area is 164 Å². The number of rotatable bonds is 5. The van der Waals surface area contributed by atoms with Crippen LogP contribution >= 0.6 is 34.5 Å². The molecule has 0 unspecified atom stereocenters. The number of nitrogens with zero attached hydrogens (tertiary/aromatic N) is 3. The quantitative estimate of drug-likeness (QED) is 0.453. The lowest BCUT2D eigenvalue weighted by Gasteiger charge is -2.03. The second kappa shape index (κ2) is 7.23. The second-order valence-electron chi connectivity index (χ2n) is 5.66. The van der Waals surface area contributed by atoms with Gasteiger partial charge in [0.2, 0.25) is 0 Å². The van der Waals surface area contributed by atoms with Crippen LogP contribution in [0.15, 0.2) is 41.2 Å². The lowest BCUT2D eigenvalue weighted by molar-refractivity contribution is 0.390. The van der Waals surface area contributed by atoms with Crippen molar-refractivity contribution in [2.24, 2.45) is 0 Å². The molecule has 0 spiro atoms. The lowest BCUT2D eigenvalue weighted by Crippen LogP contribution is -2.00. The van der Waals surface area contributed by atoms with Crippen molar-refractivity contribution in [1.82, 2.24) is 15.1 Å². The Balaban J connectivity index is 1.54. The van der Waals surface area contributed by atoms with Crippen molar-refractivity contribution in [1.29, 1.82) is 0 Å². The molecule has 3 heterocycles.